The fraction of sp³-hybridized carbons (Fsp3) is 0.455. The van der Waals surface area contributed by atoms with Crippen molar-refractivity contribution in [2.24, 2.45) is 0 Å². The van der Waals surface area contributed by atoms with Gasteiger partial charge >= 0.3 is 0 Å². The van der Waals surface area contributed by atoms with Gasteiger partial charge in [0.2, 0.25) is 5.36 Å². The van der Waals surface area contributed by atoms with Gasteiger partial charge in [-0.2, -0.15) is 0 Å². The summed E-state index contributed by atoms with van der Waals surface area (Å²) >= 11 is 1.85. The van der Waals surface area contributed by atoms with Crippen LogP contribution in [0.15, 0.2) is 36.4 Å². The van der Waals surface area contributed by atoms with Crippen molar-refractivity contribution in [1.29, 1.82) is 0 Å². The lowest BCUT2D eigenvalue weighted by molar-refractivity contribution is -0.00000626. The highest BCUT2D eigenvalue weighted by Gasteiger charge is 2.15. The Morgan fingerprint density at radius 1 is 1.04 bits per heavy atom. The van der Waals surface area contributed by atoms with Gasteiger partial charge in [0.25, 0.3) is 0 Å². The fourth-order valence-electron chi connectivity index (χ4n) is 3.73. The molecule has 6 heteroatoms. The van der Waals surface area contributed by atoms with E-state index >= 15 is 0 Å². The number of nitrogens with zero attached hydrogens (tertiary/aromatic N) is 3. The van der Waals surface area contributed by atoms with Gasteiger partial charge in [-0.05, 0) is 37.1 Å². The van der Waals surface area contributed by atoms with Crippen molar-refractivity contribution < 1.29 is 28.7 Å². The highest BCUT2D eigenvalue weighted by Crippen LogP contribution is 2.32. The molecule has 0 atom stereocenters. The normalized spacial score (nSPS) is 14.3. The molecule has 1 fully saturated rings. The lowest BCUT2D eigenvalue weighted by atomic mass is 10.2. The molecule has 3 aliphatic rings. The maximum atomic E-state index is 5.49. The van der Waals surface area contributed by atoms with Crippen LogP contribution in [-0.2, 0) is 4.74 Å². The molecule has 150 valence electrons. The quantitative estimate of drug-likeness (QED) is 0.290. The van der Waals surface area contributed by atoms with E-state index in [2.05, 4.69) is 59.7 Å². The van der Waals surface area contributed by atoms with Crippen LogP contribution in [0.5, 0.6) is 0 Å². The molecule has 0 spiro atoms. The Bertz CT molecular complexity index is 957. The van der Waals surface area contributed by atoms with Crippen molar-refractivity contribution in [2.45, 2.75) is 26.7 Å². The number of morpholine rings is 1. The van der Waals surface area contributed by atoms with E-state index in [4.69, 9.17) is 9.72 Å². The van der Waals surface area contributed by atoms with Crippen molar-refractivity contribution in [3.05, 3.63) is 41.8 Å². The minimum atomic E-state index is 0. The number of hydrogen-bond donors (Lipinski definition) is 0. The second-order valence-electron chi connectivity index (χ2n) is 7.10. The van der Waals surface area contributed by atoms with E-state index in [1.54, 1.807) is 0 Å². The highest BCUT2D eigenvalue weighted by molar-refractivity contribution is 7.21. The van der Waals surface area contributed by atoms with E-state index in [0.717, 1.165) is 50.6 Å². The average Bonchev–Trinajstić information content (AvgIpc) is 2.72. The second-order valence-corrected chi connectivity index (χ2v) is 8.19. The summed E-state index contributed by atoms with van der Waals surface area (Å²) in [5.41, 5.74) is 3.48. The van der Waals surface area contributed by atoms with Crippen LogP contribution in [0.2, 0.25) is 0 Å². The monoisotopic (exact) mass is 509 g/mol. The van der Waals surface area contributed by atoms with Crippen molar-refractivity contribution in [3.63, 3.8) is 0 Å². The third-order valence-electron chi connectivity index (χ3n) is 5.08. The molecule has 4 rings (SSSR count). The number of ether oxygens (including phenoxy) is 1. The zero-order valence-electron chi connectivity index (χ0n) is 16.7. The summed E-state index contributed by atoms with van der Waals surface area (Å²) in [6.45, 7) is 10.2. The van der Waals surface area contributed by atoms with Gasteiger partial charge in [-0.25, -0.2) is 9.56 Å². The van der Waals surface area contributed by atoms with E-state index in [-0.39, 0.29) is 24.0 Å². The Kier molecular flexibility index (Phi) is 7.65. The molecule has 28 heavy (non-hydrogen) atoms. The SMILES string of the molecule is CCCN(CCC)c1ccc2nc3ccc(=[N+]4CCOCC4)cc-3sc2c1.[I-]. The smallest absolute Gasteiger partial charge is 0.201 e. The van der Waals surface area contributed by atoms with Crippen LogP contribution >= 0.6 is 11.3 Å². The lowest BCUT2D eigenvalue weighted by Crippen LogP contribution is -3.00. The third kappa shape index (κ3) is 4.66. The first-order valence-corrected chi connectivity index (χ1v) is 10.9. The fourth-order valence-corrected chi connectivity index (χ4v) is 4.76. The number of benzene rings is 2. The Morgan fingerprint density at radius 2 is 1.79 bits per heavy atom. The van der Waals surface area contributed by atoms with Crippen molar-refractivity contribution in [3.8, 4) is 10.6 Å². The summed E-state index contributed by atoms with van der Waals surface area (Å²) in [4.78, 5) is 8.64. The molecule has 0 aromatic heterocycles. The molecule has 1 aromatic rings. The summed E-state index contributed by atoms with van der Waals surface area (Å²) in [5.74, 6) is 0. The maximum Gasteiger partial charge on any atom is 0.201 e. The topological polar surface area (TPSA) is 28.4 Å². The summed E-state index contributed by atoms with van der Waals surface area (Å²) < 4.78 is 9.15. The Balaban J connectivity index is 0.00000225. The van der Waals surface area contributed by atoms with Crippen molar-refractivity contribution in [1.82, 2.24) is 9.56 Å². The molecule has 1 saturated heterocycles. The number of halogens is 1. The lowest BCUT2D eigenvalue weighted by Gasteiger charge is -2.24. The molecule has 1 aromatic carbocycles. The predicted molar refractivity (Wildman–Crippen MR) is 115 cm³/mol. The molecular weight excluding hydrogens is 481 g/mol. The van der Waals surface area contributed by atoms with Crippen LogP contribution in [0.3, 0.4) is 0 Å². The summed E-state index contributed by atoms with van der Waals surface area (Å²) in [6, 6.07) is 13.4. The molecule has 0 amide bonds. The number of anilines is 1. The molecule has 0 N–H and O–H groups in total. The van der Waals surface area contributed by atoms with Crippen molar-refractivity contribution in [2.75, 3.05) is 44.3 Å². The largest absolute Gasteiger partial charge is 1.00 e. The first-order valence-electron chi connectivity index (χ1n) is 10.0. The molecule has 2 aliphatic heterocycles. The minimum absolute atomic E-state index is 0. The minimum Gasteiger partial charge on any atom is -1.00 e. The van der Waals surface area contributed by atoms with Gasteiger partial charge in [-0.1, -0.05) is 13.8 Å². The van der Waals surface area contributed by atoms with Crippen LogP contribution in [-0.4, -0.2) is 44.4 Å². The van der Waals surface area contributed by atoms with Crippen molar-refractivity contribution >= 4 is 27.2 Å². The number of hydrogen-bond acceptors (Lipinski definition) is 4. The zero-order chi connectivity index (χ0) is 18.6. The summed E-state index contributed by atoms with van der Waals surface area (Å²) in [5, 5.41) is 1.28. The van der Waals surface area contributed by atoms with Crippen LogP contribution in [0.1, 0.15) is 26.7 Å². The summed E-state index contributed by atoms with van der Waals surface area (Å²) in [6.07, 6.45) is 2.33. The van der Waals surface area contributed by atoms with Crippen LogP contribution in [0.25, 0.3) is 20.8 Å². The van der Waals surface area contributed by atoms with Crippen LogP contribution in [0, 0.1) is 0 Å². The van der Waals surface area contributed by atoms with Gasteiger partial charge < -0.3 is 33.6 Å². The highest BCUT2D eigenvalue weighted by atomic mass is 127. The van der Waals surface area contributed by atoms with E-state index < -0.39 is 0 Å². The van der Waals surface area contributed by atoms with Gasteiger partial charge in [-0.3, -0.25) is 0 Å². The predicted octanol–water partition coefficient (Wildman–Crippen LogP) is 0.834. The van der Waals surface area contributed by atoms with E-state index in [1.807, 2.05) is 11.3 Å². The number of aromatic nitrogens is 1. The second kappa shape index (κ2) is 9.98. The first-order chi connectivity index (χ1) is 13.3. The number of rotatable bonds is 5. The maximum absolute atomic E-state index is 5.49. The van der Waals surface area contributed by atoms with Gasteiger partial charge in [-0.15, -0.1) is 11.3 Å². The van der Waals surface area contributed by atoms with E-state index in [1.165, 1.54) is 33.5 Å². The molecule has 0 saturated carbocycles. The molecule has 2 heterocycles. The third-order valence-corrected chi connectivity index (χ3v) is 6.17. The molecule has 0 unspecified atom stereocenters. The average molecular weight is 509 g/mol. The zero-order valence-corrected chi connectivity index (χ0v) is 19.6. The Hall–Kier alpha value is -1.25. The molecule has 1 aliphatic carbocycles. The van der Waals surface area contributed by atoms with E-state index in [0.29, 0.717) is 0 Å². The molecule has 0 bridgehead atoms. The van der Waals surface area contributed by atoms with Gasteiger partial charge in [0, 0.05) is 30.9 Å². The number of fused-ring (bicyclic) bond motifs is 2. The first kappa shape index (κ1) is 21.5. The summed E-state index contributed by atoms with van der Waals surface area (Å²) in [7, 11) is 0. The standard InChI is InChI=1S/C22H28N3OS.HI/c1-3-9-24(10-4-2)17-5-7-19-21(15-17)27-22-16-18(6-8-20(22)23-19)25-11-13-26-14-12-25;/h5-8,15-16H,3-4,9-14H2,1-2H3;1H/q+1;/p-1. The van der Waals surface area contributed by atoms with Gasteiger partial charge in [0.1, 0.15) is 13.2 Å². The Labute approximate surface area is 188 Å². The van der Waals surface area contributed by atoms with Gasteiger partial charge in [0.15, 0.2) is 13.1 Å². The van der Waals surface area contributed by atoms with Crippen LogP contribution in [0.4, 0.5) is 5.69 Å². The van der Waals surface area contributed by atoms with E-state index in [9.17, 15) is 0 Å². The molecule has 0 radical (unpaired) electrons. The Morgan fingerprint density at radius 3 is 2.50 bits per heavy atom. The van der Waals surface area contributed by atoms with Crippen LogP contribution < -0.4 is 38.8 Å². The molecular formula is C22H28IN3OS. The van der Waals surface area contributed by atoms with Gasteiger partial charge in [0.05, 0.1) is 20.8 Å². The molecule has 4 nitrogen and oxygen atoms in total.